The molecule has 0 aromatic heterocycles. The third-order valence-corrected chi connectivity index (χ3v) is 10.1. The van der Waals surface area contributed by atoms with Crippen LogP contribution in [0.4, 0.5) is 62.6 Å². The summed E-state index contributed by atoms with van der Waals surface area (Å²) in [6, 6.07) is 79.2. The topological polar surface area (TPSA) is 13.0 Å². The van der Waals surface area contributed by atoms with Crippen LogP contribution >= 0.6 is 0 Å². The third kappa shape index (κ3) is 8.32. The summed E-state index contributed by atoms with van der Waals surface area (Å²) < 4.78 is 0. The van der Waals surface area contributed by atoms with Gasteiger partial charge in [0.1, 0.15) is 0 Å². The maximum absolute atomic E-state index is 2.33. The number of hydrogen-bond acceptors (Lipinski definition) is 4. The molecule has 4 heteroatoms. The maximum Gasteiger partial charge on any atom is 0.0463 e. The van der Waals surface area contributed by atoms with E-state index in [9.17, 15) is 0 Å². The van der Waals surface area contributed by atoms with Crippen molar-refractivity contribution in [1.82, 2.24) is 0 Å². The van der Waals surface area contributed by atoms with Gasteiger partial charge >= 0.3 is 0 Å². The van der Waals surface area contributed by atoms with E-state index in [4.69, 9.17) is 0 Å². The molecule has 0 spiro atoms. The monoisotopic (exact) mass is 750 g/mol. The first-order valence-corrected chi connectivity index (χ1v) is 19.7. The van der Waals surface area contributed by atoms with Crippen LogP contribution in [0.15, 0.2) is 248 Å². The van der Waals surface area contributed by atoms with Crippen LogP contribution in [0.25, 0.3) is 0 Å². The molecule has 0 unspecified atom stereocenters. The normalized spacial score (nSPS) is 11.3. The van der Waals surface area contributed by atoms with Gasteiger partial charge in [-0.1, -0.05) is 103 Å². The van der Waals surface area contributed by atoms with E-state index in [1.165, 1.54) is 0 Å². The quantitative estimate of drug-likeness (QED) is 0.109. The lowest BCUT2D eigenvalue weighted by Gasteiger charge is -2.30. The second-order valence-corrected chi connectivity index (χ2v) is 13.9. The Kier molecular flexibility index (Phi) is 11.6. The van der Waals surface area contributed by atoms with Gasteiger partial charge in [0.2, 0.25) is 0 Å². The number of benzene rings is 8. The van der Waals surface area contributed by atoms with Gasteiger partial charge in [0.05, 0.1) is 0 Å². The molecular formula is C54H46N4. The molecule has 0 amide bonds. The Morgan fingerprint density at radius 1 is 0.293 bits per heavy atom. The van der Waals surface area contributed by atoms with Crippen LogP contribution in [0, 0.1) is 0 Å². The Hall–Kier alpha value is -7.56. The molecule has 58 heavy (non-hydrogen) atoms. The van der Waals surface area contributed by atoms with Gasteiger partial charge in [-0.15, -0.1) is 0 Å². The molecule has 8 aromatic carbocycles. The van der Waals surface area contributed by atoms with Crippen LogP contribution in [0.2, 0.25) is 0 Å². The molecule has 8 rings (SSSR count). The smallest absolute Gasteiger partial charge is 0.0463 e. The van der Waals surface area contributed by atoms with Crippen molar-refractivity contribution >= 4 is 62.6 Å². The molecule has 0 atom stereocenters. The first kappa shape index (κ1) is 37.4. The Bertz CT molecular complexity index is 2330. The fourth-order valence-corrected chi connectivity index (χ4v) is 7.35. The molecule has 0 heterocycles. The summed E-state index contributed by atoms with van der Waals surface area (Å²) in [6.45, 7) is 4.19. The van der Waals surface area contributed by atoms with Gasteiger partial charge in [-0.05, 0) is 153 Å². The molecule has 0 aliphatic carbocycles. The van der Waals surface area contributed by atoms with Crippen molar-refractivity contribution in [1.29, 1.82) is 0 Å². The van der Waals surface area contributed by atoms with Crippen molar-refractivity contribution in [2.24, 2.45) is 0 Å². The van der Waals surface area contributed by atoms with Crippen molar-refractivity contribution in [2.75, 3.05) is 19.6 Å². The molecule has 4 nitrogen and oxygen atoms in total. The van der Waals surface area contributed by atoms with Crippen molar-refractivity contribution in [2.45, 2.75) is 13.8 Å². The van der Waals surface area contributed by atoms with E-state index in [1.54, 1.807) is 0 Å². The van der Waals surface area contributed by atoms with Gasteiger partial charge in [0, 0.05) is 68.3 Å². The number of rotatable bonds is 13. The summed E-state index contributed by atoms with van der Waals surface area (Å²) in [5.41, 5.74) is 13.1. The fraction of sp³-hybridized carbons (Fsp3) is 0.0370. The van der Waals surface area contributed by atoms with E-state index in [0.29, 0.717) is 0 Å². The van der Waals surface area contributed by atoms with Crippen LogP contribution < -0.4 is 19.6 Å². The lowest BCUT2D eigenvalue weighted by Crippen LogP contribution is -2.15. The summed E-state index contributed by atoms with van der Waals surface area (Å²) >= 11 is 0. The van der Waals surface area contributed by atoms with E-state index < -0.39 is 0 Å². The minimum absolute atomic E-state index is 1.05. The number of para-hydroxylation sites is 5. The Labute approximate surface area is 343 Å². The standard InChI is InChI=1S/C54H46N4/c1-3-4-20-43(2)55(44-21-10-5-11-22-44)49-31-33-52(34-32-49)58(53-39-35-50(36-40-53)56(45-23-12-6-13-24-45)46-25-14-7-15-26-46)54-41-37-51(38-42-54)57(47-27-16-8-17-28-47)48-29-18-9-19-30-48/h3-42H,1-2H3/b4-3-,43-20+. The summed E-state index contributed by atoms with van der Waals surface area (Å²) in [5.74, 6) is 0. The first-order chi connectivity index (χ1) is 28.7. The van der Waals surface area contributed by atoms with Crippen molar-refractivity contribution in [3.63, 3.8) is 0 Å². The van der Waals surface area contributed by atoms with Gasteiger partial charge in [0.25, 0.3) is 0 Å². The first-order valence-electron chi connectivity index (χ1n) is 19.7. The second-order valence-electron chi connectivity index (χ2n) is 13.9. The number of nitrogens with zero attached hydrogens (tertiary/aromatic N) is 4. The minimum atomic E-state index is 1.05. The lowest BCUT2D eigenvalue weighted by molar-refractivity contribution is 1.15. The van der Waals surface area contributed by atoms with Crippen LogP contribution in [0.1, 0.15) is 13.8 Å². The van der Waals surface area contributed by atoms with Crippen molar-refractivity contribution in [3.05, 3.63) is 248 Å². The highest BCUT2D eigenvalue weighted by molar-refractivity contribution is 5.84. The van der Waals surface area contributed by atoms with E-state index in [-0.39, 0.29) is 0 Å². The molecular weight excluding hydrogens is 705 g/mol. The van der Waals surface area contributed by atoms with Gasteiger partial charge in [-0.25, -0.2) is 0 Å². The average molecular weight is 751 g/mol. The van der Waals surface area contributed by atoms with Crippen LogP contribution in [-0.2, 0) is 0 Å². The molecule has 0 radical (unpaired) electrons. The molecule has 0 fully saturated rings. The van der Waals surface area contributed by atoms with Gasteiger partial charge in [-0.3, -0.25) is 0 Å². The van der Waals surface area contributed by atoms with Gasteiger partial charge in [-0.2, -0.15) is 0 Å². The lowest BCUT2D eigenvalue weighted by atomic mass is 10.1. The molecule has 0 aliphatic heterocycles. The molecule has 0 bridgehead atoms. The van der Waals surface area contributed by atoms with Gasteiger partial charge in [0.15, 0.2) is 0 Å². The van der Waals surface area contributed by atoms with Crippen LogP contribution in [0.5, 0.6) is 0 Å². The SMILES string of the molecule is C/C=C\C=C(/C)N(c1ccccc1)c1ccc(N(c2ccc(N(c3ccccc3)c3ccccc3)cc2)c2ccc(N(c3ccccc3)c3ccccc3)cc2)cc1. The molecule has 0 N–H and O–H groups in total. The third-order valence-electron chi connectivity index (χ3n) is 10.1. The van der Waals surface area contributed by atoms with Gasteiger partial charge < -0.3 is 19.6 Å². The highest BCUT2D eigenvalue weighted by atomic mass is 15.2. The molecule has 0 saturated carbocycles. The zero-order valence-electron chi connectivity index (χ0n) is 32.9. The number of anilines is 11. The zero-order chi connectivity index (χ0) is 39.5. The Morgan fingerprint density at radius 2 is 0.500 bits per heavy atom. The van der Waals surface area contributed by atoms with Crippen molar-refractivity contribution in [3.8, 4) is 0 Å². The Balaban J connectivity index is 1.21. The van der Waals surface area contributed by atoms with E-state index in [1.807, 2.05) is 6.92 Å². The highest BCUT2D eigenvalue weighted by Crippen LogP contribution is 2.42. The Morgan fingerprint density at radius 3 is 0.759 bits per heavy atom. The number of allylic oxidation sites excluding steroid dienone is 4. The maximum atomic E-state index is 2.33. The van der Waals surface area contributed by atoms with E-state index in [2.05, 4.69) is 269 Å². The zero-order valence-corrected chi connectivity index (χ0v) is 32.9. The van der Waals surface area contributed by atoms with E-state index in [0.717, 1.165) is 68.3 Å². The molecule has 282 valence electrons. The largest absolute Gasteiger partial charge is 0.315 e. The summed E-state index contributed by atoms with van der Waals surface area (Å²) in [4.78, 5) is 9.21. The molecule has 8 aromatic rings. The van der Waals surface area contributed by atoms with Crippen molar-refractivity contribution < 1.29 is 0 Å². The number of hydrogen-bond donors (Lipinski definition) is 0. The fourth-order valence-electron chi connectivity index (χ4n) is 7.35. The minimum Gasteiger partial charge on any atom is -0.315 e. The average Bonchev–Trinajstić information content (AvgIpc) is 3.29. The molecule has 0 saturated heterocycles. The summed E-state index contributed by atoms with van der Waals surface area (Å²) in [6.07, 6.45) is 6.29. The molecule has 0 aliphatic rings. The van der Waals surface area contributed by atoms with Crippen LogP contribution in [0.3, 0.4) is 0 Å². The summed E-state index contributed by atoms with van der Waals surface area (Å²) in [5, 5.41) is 0. The summed E-state index contributed by atoms with van der Waals surface area (Å²) in [7, 11) is 0. The highest BCUT2D eigenvalue weighted by Gasteiger charge is 2.19. The predicted molar refractivity (Wildman–Crippen MR) is 248 cm³/mol. The van der Waals surface area contributed by atoms with Crippen LogP contribution in [-0.4, -0.2) is 0 Å². The second kappa shape index (κ2) is 17.9. The predicted octanol–water partition coefficient (Wildman–Crippen LogP) is 15.7. The van der Waals surface area contributed by atoms with E-state index >= 15 is 0 Å².